The third-order valence-electron chi connectivity index (χ3n) is 19.8. The molecule has 0 N–H and O–H groups in total. The maximum atomic E-state index is 12.2. The van der Waals surface area contributed by atoms with Crippen LogP contribution in [0, 0.1) is 65.1 Å². The molecule has 6 saturated carbocycles. The van der Waals surface area contributed by atoms with Gasteiger partial charge in [0.05, 0.1) is 19.1 Å². The Morgan fingerprint density at radius 2 is 0.760 bits per heavy atom. The van der Waals surface area contributed by atoms with Gasteiger partial charge < -0.3 is 14.2 Å². The molecule has 0 aliphatic heterocycles. The normalized spacial score (nSPS) is 29.8. The quantitative estimate of drug-likeness (QED) is 0.0541. The summed E-state index contributed by atoms with van der Waals surface area (Å²) in [6, 6.07) is 16.0. The van der Waals surface area contributed by atoms with Gasteiger partial charge in [0.1, 0.15) is 17.2 Å². The van der Waals surface area contributed by atoms with Gasteiger partial charge in [-0.05, 0) is 249 Å². The minimum Gasteiger partial charge on any atom is -0.494 e. The monoisotopic (exact) mass is 1030 g/mol. The van der Waals surface area contributed by atoms with Gasteiger partial charge in [0.15, 0.2) is 0 Å². The molecule has 2 aromatic rings. The number of hydrogen-bond acceptors (Lipinski definition) is 4. The van der Waals surface area contributed by atoms with E-state index in [1.54, 1.807) is 25.0 Å². The van der Waals surface area contributed by atoms with Crippen LogP contribution in [-0.2, 0) is 4.79 Å². The van der Waals surface area contributed by atoms with E-state index in [0.717, 1.165) is 109 Å². The summed E-state index contributed by atoms with van der Waals surface area (Å²) in [4.78, 5) is 12.2. The second-order valence-electron chi connectivity index (χ2n) is 25.0. The molecule has 4 nitrogen and oxygen atoms in total. The van der Waals surface area contributed by atoms with Crippen LogP contribution in [0.4, 0.5) is 0 Å². The lowest BCUT2D eigenvalue weighted by Crippen LogP contribution is -2.25. The molecule has 424 valence electrons. The number of carbonyl (C=O) groups is 1. The predicted molar refractivity (Wildman–Crippen MR) is 322 cm³/mol. The first-order valence-corrected chi connectivity index (χ1v) is 32.6. The average molecular weight is 1030 g/mol. The van der Waals surface area contributed by atoms with Crippen LogP contribution in [0.25, 0.3) is 0 Å². The van der Waals surface area contributed by atoms with E-state index in [4.69, 9.17) is 14.2 Å². The lowest BCUT2D eigenvalue weighted by atomic mass is 9.68. The molecule has 2 aromatic carbocycles. The van der Waals surface area contributed by atoms with Crippen LogP contribution >= 0.6 is 0 Å². The fourth-order valence-corrected chi connectivity index (χ4v) is 15.0. The molecule has 8 rings (SSSR count). The first-order valence-electron chi connectivity index (χ1n) is 32.6. The van der Waals surface area contributed by atoms with Crippen LogP contribution in [0.5, 0.6) is 17.2 Å². The average Bonchev–Trinajstić information content (AvgIpc) is 3.46. The molecule has 0 spiro atoms. The topological polar surface area (TPSA) is 44.8 Å². The van der Waals surface area contributed by atoms with Gasteiger partial charge in [0.25, 0.3) is 0 Å². The summed E-state index contributed by atoms with van der Waals surface area (Å²) < 4.78 is 16.4. The summed E-state index contributed by atoms with van der Waals surface area (Å²) >= 11 is 0. The largest absolute Gasteiger partial charge is 0.494 e. The Hall–Kier alpha value is -3.01. The Balaban J connectivity index is 0.000000185. The van der Waals surface area contributed by atoms with Crippen molar-refractivity contribution in [2.45, 2.75) is 266 Å². The molecular formula is C71H116O4. The molecule has 0 radical (unpaired) electrons. The molecule has 0 bridgehead atoms. The highest BCUT2D eigenvalue weighted by molar-refractivity contribution is 5.75. The van der Waals surface area contributed by atoms with Crippen molar-refractivity contribution >= 4 is 5.97 Å². The third-order valence-corrected chi connectivity index (χ3v) is 19.8. The lowest BCUT2D eigenvalue weighted by Gasteiger charge is -2.37. The first-order chi connectivity index (χ1) is 36.7. The first kappa shape index (κ1) is 62.8. The van der Waals surface area contributed by atoms with Crippen molar-refractivity contribution in [3.8, 4) is 17.2 Å². The van der Waals surface area contributed by atoms with Crippen molar-refractivity contribution in [3.63, 3.8) is 0 Å². The van der Waals surface area contributed by atoms with Gasteiger partial charge in [-0.1, -0.05) is 142 Å². The number of esters is 1. The molecular weight excluding hydrogens is 917 g/mol. The summed E-state index contributed by atoms with van der Waals surface area (Å²) in [5, 5.41) is 0. The fourth-order valence-electron chi connectivity index (χ4n) is 15.0. The zero-order chi connectivity index (χ0) is 53.5. The molecule has 6 aliphatic rings. The summed E-state index contributed by atoms with van der Waals surface area (Å²) in [5.74, 6) is 13.1. The van der Waals surface area contributed by atoms with Gasteiger partial charge in [-0.25, -0.2) is 0 Å². The van der Waals surface area contributed by atoms with Gasteiger partial charge in [0, 0.05) is 0 Å². The predicted octanol–water partition coefficient (Wildman–Crippen LogP) is 21.7. The molecule has 6 fully saturated rings. The third kappa shape index (κ3) is 23.1. The molecule has 75 heavy (non-hydrogen) atoms. The number of hydrogen-bond donors (Lipinski definition) is 0. The van der Waals surface area contributed by atoms with Gasteiger partial charge in [0.2, 0.25) is 0 Å². The molecule has 0 atom stereocenters. The van der Waals surface area contributed by atoms with Gasteiger partial charge in [-0.3, -0.25) is 4.79 Å². The van der Waals surface area contributed by atoms with E-state index in [2.05, 4.69) is 77.3 Å². The van der Waals surface area contributed by atoms with Crippen molar-refractivity contribution in [2.24, 2.45) is 65.1 Å². The second kappa shape index (κ2) is 37.0. The van der Waals surface area contributed by atoms with E-state index in [9.17, 15) is 4.79 Å². The zero-order valence-electron chi connectivity index (χ0n) is 49.7. The van der Waals surface area contributed by atoms with Crippen LogP contribution in [0.3, 0.4) is 0 Å². The summed E-state index contributed by atoms with van der Waals surface area (Å²) in [6.45, 7) is 22.5. The maximum absolute atomic E-state index is 12.2. The van der Waals surface area contributed by atoms with Crippen LogP contribution in [0.15, 0.2) is 73.8 Å². The minimum atomic E-state index is -0.0749. The smallest absolute Gasteiger partial charge is 0.314 e. The Bertz CT molecular complexity index is 1730. The number of rotatable bonds is 21. The van der Waals surface area contributed by atoms with Gasteiger partial charge in [-0.15, -0.1) is 13.2 Å². The van der Waals surface area contributed by atoms with Crippen LogP contribution in [0.1, 0.15) is 271 Å². The van der Waals surface area contributed by atoms with Crippen molar-refractivity contribution in [3.05, 3.63) is 79.4 Å². The summed E-state index contributed by atoms with van der Waals surface area (Å²) in [6.07, 6.45) is 52.2. The molecule has 0 unspecified atom stereocenters. The van der Waals surface area contributed by atoms with Gasteiger partial charge in [-0.2, -0.15) is 0 Å². The van der Waals surface area contributed by atoms with Crippen LogP contribution in [0.2, 0.25) is 0 Å². The van der Waals surface area contributed by atoms with E-state index in [1.807, 2.05) is 26.0 Å². The standard InChI is InChI=1S/C19H34.C18H26O3.C17H26O.C17H30/c1-3-5-6-7-17-10-14-19(15-11-17)18-12-8-16(4-2)9-13-18;1-3-5-14-6-8-15(9-7-14)18(19)21-17-12-10-16(11-13-17)20-4-2;1-3-5-14-6-8-15(9-7-14)16-10-12-17(13-11-16)18-4-2;1-3-5-15-8-12-17(13-9-15)16-10-6-14(4-2)7-11-16/h4,16-19H,2-3,5-15H2,1H3;10-15H,3-9H2,1-2H3;10-15H,3-9H2,1-2H3;4,14-17H,2-3,5-13H2,1H3. The SMILES string of the molecule is C=CC1CCC(C2CCC(CCC)CC2)CC1.C=CC1CCC(C2CCC(CCCCC)CC2)CC1.CCCC1CCC(C(=O)Oc2ccc(OCC)cc2)CC1.CCCC1CCC(c2ccc(OCC)cc2)CC1. The van der Waals surface area contributed by atoms with E-state index < -0.39 is 0 Å². The molecule has 0 saturated heterocycles. The van der Waals surface area contributed by atoms with Crippen LogP contribution in [-0.4, -0.2) is 19.2 Å². The van der Waals surface area contributed by atoms with Crippen LogP contribution < -0.4 is 14.2 Å². The van der Waals surface area contributed by atoms with Gasteiger partial charge >= 0.3 is 5.97 Å². The van der Waals surface area contributed by atoms with Crippen molar-refractivity contribution in [1.82, 2.24) is 0 Å². The molecule has 0 amide bonds. The highest BCUT2D eigenvalue weighted by Crippen LogP contribution is 2.44. The Kier molecular flexibility index (Phi) is 31.0. The molecule has 0 aromatic heterocycles. The van der Waals surface area contributed by atoms with E-state index >= 15 is 0 Å². The summed E-state index contributed by atoms with van der Waals surface area (Å²) in [5.41, 5.74) is 1.51. The van der Waals surface area contributed by atoms with E-state index in [0.29, 0.717) is 12.4 Å². The Morgan fingerprint density at radius 3 is 1.13 bits per heavy atom. The minimum absolute atomic E-state index is 0.0738. The maximum Gasteiger partial charge on any atom is 0.314 e. The number of allylic oxidation sites excluding steroid dienone is 2. The summed E-state index contributed by atoms with van der Waals surface area (Å²) in [7, 11) is 0. The number of benzene rings is 2. The molecule has 6 aliphatic carbocycles. The number of carbonyl (C=O) groups excluding carboxylic acids is 1. The van der Waals surface area contributed by atoms with E-state index in [1.165, 1.54) is 185 Å². The van der Waals surface area contributed by atoms with Crippen molar-refractivity contribution in [1.29, 1.82) is 0 Å². The fraction of sp³-hybridized carbons (Fsp3) is 0.761. The Labute approximate surface area is 463 Å². The number of unbranched alkanes of at least 4 members (excludes halogenated alkanes) is 2. The molecule has 4 heteroatoms. The number of ether oxygens (including phenoxy) is 3. The van der Waals surface area contributed by atoms with Crippen molar-refractivity contribution in [2.75, 3.05) is 13.2 Å². The van der Waals surface area contributed by atoms with E-state index in [-0.39, 0.29) is 11.9 Å². The second-order valence-corrected chi connectivity index (χ2v) is 25.0. The zero-order valence-corrected chi connectivity index (χ0v) is 49.7. The highest BCUT2D eigenvalue weighted by atomic mass is 16.5. The lowest BCUT2D eigenvalue weighted by molar-refractivity contribution is -0.140. The molecule has 0 heterocycles. The highest BCUT2D eigenvalue weighted by Gasteiger charge is 2.32. The van der Waals surface area contributed by atoms with Crippen molar-refractivity contribution < 1.29 is 19.0 Å². The Morgan fingerprint density at radius 1 is 0.413 bits per heavy atom.